The van der Waals surface area contributed by atoms with Gasteiger partial charge in [0.25, 0.3) is 0 Å². The number of benzene rings is 1. The summed E-state index contributed by atoms with van der Waals surface area (Å²) >= 11 is 0. The van der Waals surface area contributed by atoms with Gasteiger partial charge in [-0.3, -0.25) is 0 Å². The first-order valence-corrected chi connectivity index (χ1v) is 7.77. The molecule has 0 atom stereocenters. The van der Waals surface area contributed by atoms with Crippen LogP contribution in [0.4, 0.5) is 5.69 Å². The summed E-state index contributed by atoms with van der Waals surface area (Å²) in [5.41, 5.74) is 2.24. The van der Waals surface area contributed by atoms with E-state index in [1.165, 1.54) is 13.1 Å². The molecule has 0 fully saturated rings. The van der Waals surface area contributed by atoms with Gasteiger partial charge < -0.3 is 9.88 Å². The van der Waals surface area contributed by atoms with Crippen LogP contribution in [0.25, 0.3) is 0 Å². The van der Waals surface area contributed by atoms with E-state index in [0.29, 0.717) is 17.9 Å². The smallest absolute Gasteiger partial charge is 0.240 e. The number of aromatic nitrogens is 1. The maximum Gasteiger partial charge on any atom is 0.240 e. The quantitative estimate of drug-likeness (QED) is 0.874. The van der Waals surface area contributed by atoms with Crippen molar-refractivity contribution in [3.8, 4) is 6.07 Å². The Balaban J connectivity index is 2.14. The zero-order chi connectivity index (χ0) is 15.5. The predicted molar refractivity (Wildman–Crippen MR) is 80.1 cm³/mol. The second-order valence-electron chi connectivity index (χ2n) is 4.55. The van der Waals surface area contributed by atoms with Gasteiger partial charge in [-0.2, -0.15) is 5.26 Å². The minimum atomic E-state index is -3.45. The fraction of sp³-hybridized carbons (Fsp3) is 0.214. The molecule has 2 N–H and O–H groups in total. The summed E-state index contributed by atoms with van der Waals surface area (Å²) in [6, 6.07) is 10.5. The molecular weight excluding hydrogens is 288 g/mol. The Labute approximate surface area is 124 Å². The van der Waals surface area contributed by atoms with Gasteiger partial charge in [-0.05, 0) is 36.9 Å². The normalized spacial score (nSPS) is 11.1. The lowest BCUT2D eigenvalue weighted by molar-refractivity contribution is 0.588. The number of aryl methyl sites for hydroxylation is 1. The average Bonchev–Trinajstić information content (AvgIpc) is 2.85. The minimum absolute atomic E-state index is 0.209. The van der Waals surface area contributed by atoms with Gasteiger partial charge in [0.1, 0.15) is 11.8 Å². The molecular formula is C14H16N4O2S. The molecule has 0 spiro atoms. The number of rotatable bonds is 5. The molecule has 21 heavy (non-hydrogen) atoms. The minimum Gasteiger partial charge on any atom is -0.381 e. The molecule has 0 unspecified atom stereocenters. The third-order valence-electron chi connectivity index (χ3n) is 3.09. The molecule has 0 amide bonds. The number of nitriles is 1. The van der Waals surface area contributed by atoms with Crippen LogP contribution in [0, 0.1) is 11.3 Å². The number of hydrogen-bond acceptors (Lipinski definition) is 4. The Hall–Kier alpha value is -2.30. The van der Waals surface area contributed by atoms with Crippen LogP contribution in [0.15, 0.2) is 41.4 Å². The first kappa shape index (κ1) is 15.1. The molecule has 0 aliphatic rings. The highest BCUT2D eigenvalue weighted by Gasteiger charge is 2.11. The maximum atomic E-state index is 11.7. The molecule has 1 heterocycles. The zero-order valence-electron chi connectivity index (χ0n) is 11.8. The molecule has 1 aromatic heterocycles. The van der Waals surface area contributed by atoms with Crippen molar-refractivity contribution in [2.24, 2.45) is 7.05 Å². The lowest BCUT2D eigenvalue weighted by Crippen LogP contribution is -2.18. The van der Waals surface area contributed by atoms with E-state index in [-0.39, 0.29) is 4.90 Å². The van der Waals surface area contributed by atoms with Crippen LogP contribution >= 0.6 is 0 Å². The van der Waals surface area contributed by atoms with Gasteiger partial charge in [0.2, 0.25) is 10.0 Å². The van der Waals surface area contributed by atoms with E-state index >= 15 is 0 Å². The highest BCUT2D eigenvalue weighted by Crippen LogP contribution is 2.16. The van der Waals surface area contributed by atoms with Gasteiger partial charge in [0.15, 0.2) is 0 Å². The lowest BCUT2D eigenvalue weighted by atomic mass is 10.3. The van der Waals surface area contributed by atoms with Crippen molar-refractivity contribution in [1.29, 1.82) is 5.26 Å². The molecule has 110 valence electrons. The summed E-state index contributed by atoms with van der Waals surface area (Å²) in [5.74, 6) is 0. The molecule has 7 heteroatoms. The monoisotopic (exact) mass is 304 g/mol. The van der Waals surface area contributed by atoms with E-state index in [0.717, 1.165) is 5.56 Å². The molecule has 0 saturated heterocycles. The van der Waals surface area contributed by atoms with Gasteiger partial charge in [0.05, 0.1) is 4.90 Å². The Morgan fingerprint density at radius 3 is 2.71 bits per heavy atom. The highest BCUT2D eigenvalue weighted by molar-refractivity contribution is 7.89. The Morgan fingerprint density at radius 1 is 1.33 bits per heavy atom. The van der Waals surface area contributed by atoms with Crippen LogP contribution in [0.5, 0.6) is 0 Å². The number of nitrogens with one attached hydrogen (secondary N) is 2. The summed E-state index contributed by atoms with van der Waals surface area (Å²) in [6.07, 6.45) is 1.86. The van der Waals surface area contributed by atoms with Crippen molar-refractivity contribution >= 4 is 15.7 Å². The van der Waals surface area contributed by atoms with Gasteiger partial charge in [0, 0.05) is 25.5 Å². The third kappa shape index (κ3) is 3.42. The van der Waals surface area contributed by atoms with Crippen LogP contribution < -0.4 is 10.0 Å². The highest BCUT2D eigenvalue weighted by atomic mass is 32.2. The van der Waals surface area contributed by atoms with E-state index < -0.39 is 10.0 Å². The second kappa shape index (κ2) is 5.99. The number of nitrogens with zero attached hydrogens (tertiary/aromatic N) is 2. The van der Waals surface area contributed by atoms with Crippen molar-refractivity contribution in [2.45, 2.75) is 11.4 Å². The molecule has 2 aromatic rings. The molecule has 0 radical (unpaired) electrons. The van der Waals surface area contributed by atoms with Crippen LogP contribution in [-0.4, -0.2) is 20.0 Å². The largest absolute Gasteiger partial charge is 0.381 e. The first-order valence-electron chi connectivity index (χ1n) is 6.29. The fourth-order valence-electron chi connectivity index (χ4n) is 1.94. The molecule has 0 aliphatic carbocycles. The predicted octanol–water partition coefficient (Wildman–Crippen LogP) is 1.42. The van der Waals surface area contributed by atoms with Gasteiger partial charge in [-0.15, -0.1) is 0 Å². The van der Waals surface area contributed by atoms with E-state index in [1.54, 1.807) is 28.8 Å². The standard InChI is InChI=1S/C14H16N4O2S/c1-16-21(19,20)14-5-3-4-12(7-14)17-9-11-6-13(8-15)18(2)10-11/h3-7,10,16-17H,9H2,1-2H3. The first-order chi connectivity index (χ1) is 9.96. The summed E-state index contributed by atoms with van der Waals surface area (Å²) in [7, 11) is -0.262. The zero-order valence-corrected chi connectivity index (χ0v) is 12.6. The average molecular weight is 304 g/mol. The maximum absolute atomic E-state index is 11.7. The van der Waals surface area contributed by atoms with Crippen molar-refractivity contribution in [3.05, 3.63) is 47.8 Å². The van der Waals surface area contributed by atoms with Crippen LogP contribution in [-0.2, 0) is 23.6 Å². The van der Waals surface area contributed by atoms with Crippen molar-refractivity contribution < 1.29 is 8.42 Å². The number of anilines is 1. The van der Waals surface area contributed by atoms with Crippen molar-refractivity contribution in [3.63, 3.8) is 0 Å². The Bertz CT molecular complexity index is 788. The van der Waals surface area contributed by atoms with Gasteiger partial charge in [-0.25, -0.2) is 13.1 Å². The summed E-state index contributed by atoms with van der Waals surface area (Å²) in [5, 5.41) is 12.1. The van der Waals surface area contributed by atoms with Gasteiger partial charge >= 0.3 is 0 Å². The second-order valence-corrected chi connectivity index (χ2v) is 6.43. The lowest BCUT2D eigenvalue weighted by Gasteiger charge is -2.07. The van der Waals surface area contributed by atoms with Crippen LogP contribution in [0.1, 0.15) is 11.3 Å². The molecule has 1 aromatic carbocycles. The van der Waals surface area contributed by atoms with Crippen molar-refractivity contribution in [1.82, 2.24) is 9.29 Å². The molecule has 0 bridgehead atoms. The van der Waals surface area contributed by atoms with E-state index in [9.17, 15) is 8.42 Å². The number of hydrogen-bond donors (Lipinski definition) is 2. The summed E-state index contributed by atoms with van der Waals surface area (Å²) in [6.45, 7) is 0.512. The van der Waals surface area contributed by atoms with Gasteiger partial charge in [-0.1, -0.05) is 6.07 Å². The Kier molecular flexibility index (Phi) is 4.31. The summed E-state index contributed by atoms with van der Waals surface area (Å²) in [4.78, 5) is 0.209. The summed E-state index contributed by atoms with van der Waals surface area (Å²) < 4.78 is 27.5. The molecule has 6 nitrogen and oxygen atoms in total. The Morgan fingerprint density at radius 2 is 2.10 bits per heavy atom. The van der Waals surface area contributed by atoms with Crippen LogP contribution in [0.3, 0.4) is 0 Å². The topological polar surface area (TPSA) is 86.9 Å². The SMILES string of the molecule is CNS(=O)(=O)c1cccc(NCc2cc(C#N)n(C)c2)c1. The van der Waals surface area contributed by atoms with Crippen LogP contribution in [0.2, 0.25) is 0 Å². The molecule has 2 rings (SSSR count). The third-order valence-corrected chi connectivity index (χ3v) is 4.50. The fourth-order valence-corrected chi connectivity index (χ4v) is 2.71. The van der Waals surface area contributed by atoms with E-state index in [4.69, 9.17) is 5.26 Å². The number of sulfonamides is 1. The van der Waals surface area contributed by atoms with Crippen molar-refractivity contribution in [2.75, 3.05) is 12.4 Å². The van der Waals surface area contributed by atoms with E-state index in [2.05, 4.69) is 16.1 Å². The van der Waals surface area contributed by atoms with E-state index in [1.807, 2.05) is 13.2 Å². The molecule has 0 aliphatic heterocycles. The molecule has 0 saturated carbocycles.